The van der Waals surface area contributed by atoms with E-state index in [0.29, 0.717) is 57.8 Å². The number of urea groups is 1. The molecular weight excluding hydrogens is 525 g/mol. The van der Waals surface area contributed by atoms with Gasteiger partial charge in [-0.05, 0) is 48.2 Å². The predicted molar refractivity (Wildman–Crippen MR) is 143 cm³/mol. The van der Waals surface area contributed by atoms with Crippen molar-refractivity contribution in [2.75, 3.05) is 45.2 Å². The number of alkyl halides is 3. The Morgan fingerprint density at radius 3 is 2.33 bits per heavy atom. The highest BCUT2D eigenvalue weighted by molar-refractivity contribution is 5.89. The Morgan fingerprint density at radius 1 is 1.05 bits per heavy atom. The Balaban J connectivity index is 1.08. The maximum absolute atomic E-state index is 12.8. The third-order valence-corrected chi connectivity index (χ3v) is 7.92. The summed E-state index contributed by atoms with van der Waals surface area (Å²) in [5.41, 5.74) is 1.23. The average Bonchev–Trinajstić information content (AvgIpc) is 3.54. The molecule has 216 valence electrons. The lowest BCUT2D eigenvalue weighted by atomic mass is 9.91. The second-order valence-corrected chi connectivity index (χ2v) is 11.0. The van der Waals surface area contributed by atoms with Gasteiger partial charge in [-0.3, -0.25) is 9.80 Å². The van der Waals surface area contributed by atoms with E-state index in [9.17, 15) is 22.8 Å². The smallest absolute Gasteiger partial charge is 0.416 e. The topological polar surface area (TPSA) is 74.3 Å². The van der Waals surface area contributed by atoms with Gasteiger partial charge in [-0.1, -0.05) is 24.3 Å². The summed E-state index contributed by atoms with van der Waals surface area (Å²) in [6.45, 7) is 4.14. The van der Waals surface area contributed by atoms with Crippen LogP contribution < -0.4 is 5.32 Å². The number of nitrogens with one attached hydrogen (secondary N) is 1. The van der Waals surface area contributed by atoms with Crippen molar-refractivity contribution in [2.24, 2.45) is 0 Å². The van der Waals surface area contributed by atoms with E-state index >= 15 is 0 Å². The number of carbonyl (C=O) groups excluding carboxylic acids is 2. The zero-order valence-corrected chi connectivity index (χ0v) is 22.6. The number of ether oxygens (including phenoxy) is 2. The summed E-state index contributed by atoms with van der Waals surface area (Å²) < 4.78 is 49.9. The molecule has 1 N–H and O–H groups in total. The number of likely N-dealkylation sites (N-methyl/N-ethyl adjacent to an activating group) is 1. The van der Waals surface area contributed by atoms with Gasteiger partial charge in [-0.2, -0.15) is 13.2 Å². The van der Waals surface area contributed by atoms with Gasteiger partial charge >= 0.3 is 18.3 Å². The van der Waals surface area contributed by atoms with Gasteiger partial charge in [-0.15, -0.1) is 0 Å². The maximum Gasteiger partial charge on any atom is 0.416 e. The number of carbonyl (C=O) groups is 2. The van der Waals surface area contributed by atoms with Crippen LogP contribution in [-0.4, -0.2) is 78.4 Å². The minimum absolute atomic E-state index is 0.0907. The van der Waals surface area contributed by atoms with Crippen molar-refractivity contribution in [1.29, 1.82) is 0 Å². The van der Waals surface area contributed by atoms with Crippen LogP contribution in [0, 0.1) is 0 Å². The Kier molecular flexibility index (Phi) is 8.23. The highest BCUT2D eigenvalue weighted by Gasteiger charge is 2.46. The number of amides is 3. The third kappa shape index (κ3) is 6.87. The Bertz CT molecular complexity index is 1180. The molecule has 8 nitrogen and oxygen atoms in total. The molecule has 5 rings (SSSR count). The molecular formula is C29H35F3N4O4. The van der Waals surface area contributed by atoms with Crippen molar-refractivity contribution in [2.45, 2.75) is 56.7 Å². The van der Waals surface area contributed by atoms with Gasteiger partial charge in [0.25, 0.3) is 0 Å². The van der Waals surface area contributed by atoms with Crippen molar-refractivity contribution in [3.63, 3.8) is 0 Å². The van der Waals surface area contributed by atoms with Crippen molar-refractivity contribution in [3.8, 4) is 0 Å². The van der Waals surface area contributed by atoms with Crippen molar-refractivity contribution in [1.82, 2.24) is 14.7 Å². The first-order valence-corrected chi connectivity index (χ1v) is 13.7. The quantitative estimate of drug-likeness (QED) is 0.495. The molecule has 3 aliphatic rings. The van der Waals surface area contributed by atoms with E-state index in [4.69, 9.17) is 9.47 Å². The van der Waals surface area contributed by atoms with Crippen LogP contribution in [0.3, 0.4) is 0 Å². The third-order valence-electron chi connectivity index (χ3n) is 7.92. The standard InChI is InChI=1S/C29H35F3N4O4/c1-34(19-25-3-2-16-39-25)26(37)33-24-10-6-22(7-11-24)18-36-20-28(40-27(36)38)12-14-35(15-13-28)17-21-4-8-23(9-5-21)29(30,31)32/h4-11,25H,2-3,12-20H2,1H3,(H,33,37). The molecule has 40 heavy (non-hydrogen) atoms. The number of halogens is 3. The average molecular weight is 561 g/mol. The highest BCUT2D eigenvalue weighted by atomic mass is 19.4. The van der Waals surface area contributed by atoms with Crippen LogP contribution in [0.4, 0.5) is 28.4 Å². The molecule has 1 spiro atoms. The first kappa shape index (κ1) is 28.2. The Labute approximate surface area is 232 Å². The molecule has 0 aliphatic carbocycles. The number of rotatable bonds is 7. The number of nitrogens with zero attached hydrogens (tertiary/aromatic N) is 3. The summed E-state index contributed by atoms with van der Waals surface area (Å²) in [5, 5.41) is 2.89. The van der Waals surface area contributed by atoms with Gasteiger partial charge in [0.05, 0.1) is 18.2 Å². The largest absolute Gasteiger partial charge is 0.441 e. The molecule has 2 aromatic rings. The minimum atomic E-state index is -4.34. The number of hydrogen-bond donors (Lipinski definition) is 1. The molecule has 0 bridgehead atoms. The minimum Gasteiger partial charge on any atom is -0.441 e. The van der Waals surface area contributed by atoms with Crippen molar-refractivity contribution < 1.29 is 32.2 Å². The van der Waals surface area contributed by atoms with Gasteiger partial charge < -0.3 is 19.7 Å². The van der Waals surface area contributed by atoms with Crippen LogP contribution in [0.5, 0.6) is 0 Å². The Morgan fingerprint density at radius 2 is 1.70 bits per heavy atom. The lowest BCUT2D eigenvalue weighted by Gasteiger charge is -2.37. The maximum atomic E-state index is 12.8. The summed E-state index contributed by atoms with van der Waals surface area (Å²) in [7, 11) is 1.75. The lowest BCUT2D eigenvalue weighted by Crippen LogP contribution is -2.46. The molecule has 0 saturated carbocycles. The van der Waals surface area contributed by atoms with Crippen LogP contribution in [0.1, 0.15) is 42.4 Å². The molecule has 3 saturated heterocycles. The van der Waals surface area contributed by atoms with Crippen LogP contribution in [0.2, 0.25) is 0 Å². The van der Waals surface area contributed by atoms with E-state index in [-0.39, 0.29) is 18.2 Å². The normalized spacial score (nSPS) is 21.1. The molecule has 0 aromatic heterocycles. The van der Waals surface area contributed by atoms with Gasteiger partial charge in [-0.25, -0.2) is 9.59 Å². The van der Waals surface area contributed by atoms with Crippen molar-refractivity contribution in [3.05, 3.63) is 65.2 Å². The monoisotopic (exact) mass is 560 g/mol. The number of hydrogen-bond acceptors (Lipinski definition) is 5. The Hall–Kier alpha value is -3.31. The molecule has 3 aliphatic heterocycles. The van der Waals surface area contributed by atoms with E-state index < -0.39 is 17.3 Å². The lowest BCUT2D eigenvalue weighted by molar-refractivity contribution is -0.137. The van der Waals surface area contributed by atoms with Crippen LogP contribution in [0.25, 0.3) is 0 Å². The molecule has 1 atom stereocenters. The molecule has 2 aromatic carbocycles. The fourth-order valence-corrected chi connectivity index (χ4v) is 5.56. The predicted octanol–water partition coefficient (Wildman–Crippen LogP) is 5.34. The van der Waals surface area contributed by atoms with Crippen LogP contribution in [-0.2, 0) is 28.7 Å². The first-order valence-electron chi connectivity index (χ1n) is 13.7. The van der Waals surface area contributed by atoms with Gasteiger partial charge in [0, 0.05) is 64.9 Å². The van der Waals surface area contributed by atoms with E-state index in [1.54, 1.807) is 16.8 Å². The van der Waals surface area contributed by atoms with E-state index in [1.165, 1.54) is 12.1 Å². The zero-order chi connectivity index (χ0) is 28.3. The van der Waals surface area contributed by atoms with E-state index in [1.807, 2.05) is 24.3 Å². The second kappa shape index (κ2) is 11.7. The van der Waals surface area contributed by atoms with Gasteiger partial charge in [0.15, 0.2) is 0 Å². The van der Waals surface area contributed by atoms with E-state index in [2.05, 4.69) is 10.2 Å². The van der Waals surface area contributed by atoms with E-state index in [0.717, 1.165) is 42.7 Å². The molecule has 11 heteroatoms. The summed E-state index contributed by atoms with van der Waals surface area (Å²) in [6.07, 6.45) is -1.27. The first-order chi connectivity index (χ1) is 19.1. The second-order valence-electron chi connectivity index (χ2n) is 11.0. The molecule has 1 unspecified atom stereocenters. The summed E-state index contributed by atoms with van der Waals surface area (Å²) in [4.78, 5) is 30.7. The molecule has 3 fully saturated rings. The SMILES string of the molecule is CN(CC1CCCO1)C(=O)Nc1ccc(CN2CC3(CCN(Cc4ccc(C(F)(F)F)cc4)CC3)OC2=O)cc1. The fourth-order valence-electron chi connectivity index (χ4n) is 5.56. The van der Waals surface area contributed by atoms with Gasteiger partial charge in [0.2, 0.25) is 0 Å². The summed E-state index contributed by atoms with van der Waals surface area (Å²) in [6, 6.07) is 12.5. The fraction of sp³-hybridized carbons (Fsp3) is 0.517. The van der Waals surface area contributed by atoms with Gasteiger partial charge in [0.1, 0.15) is 5.60 Å². The zero-order valence-electron chi connectivity index (χ0n) is 22.6. The molecule has 3 heterocycles. The number of anilines is 1. The van der Waals surface area contributed by atoms with Crippen molar-refractivity contribution >= 4 is 17.8 Å². The van der Waals surface area contributed by atoms with Crippen LogP contribution >= 0.6 is 0 Å². The van der Waals surface area contributed by atoms with Crippen LogP contribution in [0.15, 0.2) is 48.5 Å². The molecule has 0 radical (unpaired) electrons. The molecule has 3 amide bonds. The number of benzene rings is 2. The summed E-state index contributed by atoms with van der Waals surface area (Å²) in [5.74, 6) is 0. The highest BCUT2D eigenvalue weighted by Crippen LogP contribution is 2.35. The number of likely N-dealkylation sites (tertiary alicyclic amines) is 1. The number of piperidine rings is 1. The summed E-state index contributed by atoms with van der Waals surface area (Å²) >= 11 is 0.